The smallest absolute Gasteiger partial charge is 0.122 e. The highest BCUT2D eigenvalue weighted by atomic mass is 16.3. The van der Waals surface area contributed by atoms with E-state index in [1.54, 1.807) is 0 Å². The van der Waals surface area contributed by atoms with Gasteiger partial charge in [0.05, 0.1) is 0 Å². The van der Waals surface area contributed by atoms with E-state index in [0.29, 0.717) is 17.9 Å². The van der Waals surface area contributed by atoms with E-state index >= 15 is 0 Å². The van der Waals surface area contributed by atoms with Crippen molar-refractivity contribution in [2.75, 3.05) is 0 Å². The summed E-state index contributed by atoms with van der Waals surface area (Å²) >= 11 is 0. The fourth-order valence-electron chi connectivity index (χ4n) is 3.97. The minimum atomic E-state index is -0.0121. The number of benzene rings is 2. The summed E-state index contributed by atoms with van der Waals surface area (Å²) in [6, 6.07) is 8.60. The first-order valence-electron chi connectivity index (χ1n) is 11.9. The molecule has 2 rings (SSSR count). The van der Waals surface area contributed by atoms with Crippen molar-refractivity contribution >= 4 is 0 Å². The van der Waals surface area contributed by atoms with Crippen LogP contribution in [0.15, 0.2) is 24.3 Å². The second-order valence-corrected chi connectivity index (χ2v) is 11.4. The molecule has 0 spiro atoms. The molecule has 31 heavy (non-hydrogen) atoms. The van der Waals surface area contributed by atoms with E-state index < -0.39 is 0 Å². The number of hydrogen-bond donors (Lipinski definition) is 2. The van der Waals surface area contributed by atoms with E-state index in [9.17, 15) is 10.2 Å². The van der Waals surface area contributed by atoms with Crippen LogP contribution in [0.25, 0.3) is 0 Å². The first kappa shape index (κ1) is 25.3. The molecule has 2 nitrogen and oxygen atoms in total. The zero-order valence-corrected chi connectivity index (χ0v) is 21.5. The molecule has 0 amide bonds. The first-order chi connectivity index (χ1) is 14.2. The number of phenols is 2. The molecule has 2 atom stereocenters. The number of rotatable bonds is 6. The van der Waals surface area contributed by atoms with Crippen LogP contribution in [-0.4, -0.2) is 10.2 Å². The normalized spacial score (nSPS) is 14.5. The van der Waals surface area contributed by atoms with E-state index in [1.165, 1.54) is 11.1 Å². The van der Waals surface area contributed by atoms with E-state index in [4.69, 9.17) is 0 Å². The molecule has 0 aromatic heterocycles. The molecule has 0 aliphatic rings. The van der Waals surface area contributed by atoms with Gasteiger partial charge in [0.2, 0.25) is 0 Å². The van der Waals surface area contributed by atoms with Crippen LogP contribution in [0.4, 0.5) is 0 Å². The second kappa shape index (κ2) is 9.27. The first-order valence-corrected chi connectivity index (χ1v) is 11.9. The highest BCUT2D eigenvalue weighted by Gasteiger charge is 2.24. The van der Waals surface area contributed by atoms with Gasteiger partial charge < -0.3 is 10.2 Å². The maximum absolute atomic E-state index is 11.2. The summed E-state index contributed by atoms with van der Waals surface area (Å²) in [4.78, 5) is 0. The fourth-order valence-corrected chi connectivity index (χ4v) is 3.97. The zero-order valence-electron chi connectivity index (χ0n) is 21.5. The number of phenolic OH excluding ortho intramolecular Hbond substituents is 2. The molecule has 0 aliphatic heterocycles. The Balaban J connectivity index is 2.72. The minimum Gasteiger partial charge on any atom is -0.507 e. The summed E-state index contributed by atoms with van der Waals surface area (Å²) in [5.74, 6) is 1.33. The summed E-state index contributed by atoms with van der Waals surface area (Å²) in [6.45, 7) is 21.9. The van der Waals surface area contributed by atoms with Crippen LogP contribution >= 0.6 is 0 Å². The van der Waals surface area contributed by atoms with Gasteiger partial charge in [-0.05, 0) is 68.9 Å². The Morgan fingerprint density at radius 2 is 0.968 bits per heavy atom. The molecule has 2 N–H and O–H groups in total. The van der Waals surface area contributed by atoms with E-state index in [0.717, 1.165) is 35.1 Å². The maximum Gasteiger partial charge on any atom is 0.122 e. The molecule has 0 unspecified atom stereocenters. The highest BCUT2D eigenvalue weighted by molar-refractivity contribution is 5.53. The SMILES string of the molecule is CC[C@H](C)c1cc(C(C)(C)C)cc(Cc2cc(C(C)(C)C)cc([C@@H](C)CC)c2O)c1O. The van der Waals surface area contributed by atoms with Gasteiger partial charge in [-0.3, -0.25) is 0 Å². The van der Waals surface area contributed by atoms with Crippen LogP contribution in [0.2, 0.25) is 0 Å². The molecule has 0 aliphatic carbocycles. The predicted molar refractivity (Wildman–Crippen MR) is 134 cm³/mol. The van der Waals surface area contributed by atoms with Crippen molar-refractivity contribution in [3.63, 3.8) is 0 Å². The molecule has 0 radical (unpaired) electrons. The monoisotopic (exact) mass is 424 g/mol. The Bertz CT molecular complexity index is 834. The van der Waals surface area contributed by atoms with Gasteiger partial charge >= 0.3 is 0 Å². The zero-order chi connectivity index (χ0) is 23.7. The fraction of sp³-hybridized carbons (Fsp3) is 0.586. The summed E-state index contributed by atoms with van der Waals surface area (Å²) in [5, 5.41) is 22.4. The Labute approximate surface area is 190 Å². The van der Waals surface area contributed by atoms with E-state index in [-0.39, 0.29) is 22.7 Å². The lowest BCUT2D eigenvalue weighted by Crippen LogP contribution is -2.14. The van der Waals surface area contributed by atoms with Gasteiger partial charge in [0.1, 0.15) is 11.5 Å². The molecule has 0 fully saturated rings. The van der Waals surface area contributed by atoms with Crippen molar-refractivity contribution in [2.24, 2.45) is 0 Å². The van der Waals surface area contributed by atoms with E-state index in [2.05, 4.69) is 93.5 Å². The third-order valence-electron chi connectivity index (χ3n) is 6.84. The molecule has 172 valence electrons. The van der Waals surface area contributed by atoms with Crippen LogP contribution in [0.3, 0.4) is 0 Å². The van der Waals surface area contributed by atoms with Gasteiger partial charge in [-0.15, -0.1) is 0 Å². The summed E-state index contributed by atoms with van der Waals surface area (Å²) in [7, 11) is 0. The lowest BCUT2D eigenvalue weighted by atomic mass is 9.80. The minimum absolute atomic E-state index is 0.0121. The standard InChI is InChI=1S/C29H44O2/c1-11-18(3)24-16-22(28(5,6)7)14-20(26(24)30)13-21-15-23(29(8,9)10)17-25(27(21)31)19(4)12-2/h14-19,30-31H,11-13H2,1-10H3/t18-,19-/m0/s1. The molecule has 0 saturated carbocycles. The van der Waals surface area contributed by atoms with Crippen molar-refractivity contribution in [3.8, 4) is 11.5 Å². The number of hydrogen-bond acceptors (Lipinski definition) is 2. The Hall–Kier alpha value is -1.96. The van der Waals surface area contributed by atoms with Crippen molar-refractivity contribution in [1.82, 2.24) is 0 Å². The van der Waals surface area contributed by atoms with Crippen LogP contribution in [0.5, 0.6) is 11.5 Å². The molecule has 0 heterocycles. The maximum atomic E-state index is 11.2. The summed E-state index contributed by atoms with van der Waals surface area (Å²) in [5.41, 5.74) is 6.26. The van der Waals surface area contributed by atoms with Crippen LogP contribution in [-0.2, 0) is 17.3 Å². The highest BCUT2D eigenvalue weighted by Crippen LogP contribution is 2.41. The number of aromatic hydroxyl groups is 2. The Morgan fingerprint density at radius 3 is 1.23 bits per heavy atom. The Kier molecular flexibility index (Phi) is 7.56. The van der Waals surface area contributed by atoms with Gasteiger partial charge in [0, 0.05) is 6.42 Å². The quantitative estimate of drug-likeness (QED) is 0.489. The Morgan fingerprint density at radius 1 is 0.645 bits per heavy atom. The van der Waals surface area contributed by atoms with Crippen molar-refractivity contribution in [2.45, 2.75) is 111 Å². The van der Waals surface area contributed by atoms with Crippen molar-refractivity contribution in [1.29, 1.82) is 0 Å². The van der Waals surface area contributed by atoms with Gasteiger partial charge in [0.15, 0.2) is 0 Å². The lowest BCUT2D eigenvalue weighted by Gasteiger charge is -2.26. The van der Waals surface area contributed by atoms with Gasteiger partial charge in [-0.2, -0.15) is 0 Å². The molecular weight excluding hydrogens is 380 g/mol. The predicted octanol–water partition coefficient (Wildman–Crippen LogP) is 8.31. The summed E-state index contributed by atoms with van der Waals surface area (Å²) in [6.07, 6.45) is 2.48. The molecular formula is C29H44O2. The van der Waals surface area contributed by atoms with Crippen LogP contribution < -0.4 is 0 Å². The molecule has 2 aromatic rings. The molecule has 2 aromatic carbocycles. The molecule has 2 heteroatoms. The average Bonchev–Trinajstić information content (AvgIpc) is 2.67. The van der Waals surface area contributed by atoms with E-state index in [1.807, 2.05) is 0 Å². The van der Waals surface area contributed by atoms with Crippen LogP contribution in [0.1, 0.15) is 127 Å². The topological polar surface area (TPSA) is 40.5 Å². The lowest BCUT2D eigenvalue weighted by molar-refractivity contribution is 0.447. The van der Waals surface area contributed by atoms with Gasteiger partial charge in [0.25, 0.3) is 0 Å². The third kappa shape index (κ3) is 5.64. The third-order valence-corrected chi connectivity index (χ3v) is 6.84. The second-order valence-electron chi connectivity index (χ2n) is 11.4. The summed E-state index contributed by atoms with van der Waals surface area (Å²) < 4.78 is 0. The van der Waals surface area contributed by atoms with Gasteiger partial charge in [-0.25, -0.2) is 0 Å². The molecule has 0 saturated heterocycles. The van der Waals surface area contributed by atoms with Crippen molar-refractivity contribution < 1.29 is 10.2 Å². The van der Waals surface area contributed by atoms with Crippen LogP contribution in [0, 0.1) is 0 Å². The van der Waals surface area contributed by atoms with Gasteiger partial charge in [-0.1, -0.05) is 93.5 Å². The molecule has 0 bridgehead atoms. The van der Waals surface area contributed by atoms with Crippen molar-refractivity contribution in [3.05, 3.63) is 57.6 Å². The average molecular weight is 425 g/mol. The largest absolute Gasteiger partial charge is 0.507 e.